The van der Waals surface area contributed by atoms with Crippen LogP contribution >= 0.6 is 0 Å². The molecule has 0 spiro atoms. The third kappa shape index (κ3) is 4.30. The molecule has 0 saturated carbocycles. The van der Waals surface area contributed by atoms with E-state index in [1.54, 1.807) is 32.9 Å². The van der Waals surface area contributed by atoms with Crippen LogP contribution in [0.3, 0.4) is 0 Å². The van der Waals surface area contributed by atoms with E-state index in [9.17, 15) is 19.2 Å². The summed E-state index contributed by atoms with van der Waals surface area (Å²) in [5.74, 6) is -2.25. The number of likely N-dealkylation sites (tertiary alicyclic amines) is 1. The topological polar surface area (TPSA) is 102 Å². The fourth-order valence-electron chi connectivity index (χ4n) is 2.92. The van der Waals surface area contributed by atoms with E-state index in [4.69, 9.17) is 14.3 Å². The van der Waals surface area contributed by atoms with Gasteiger partial charge >= 0.3 is 12.1 Å². The highest BCUT2D eigenvalue weighted by Crippen LogP contribution is 2.23. The molecule has 3 rings (SSSR count). The lowest BCUT2D eigenvalue weighted by molar-refractivity contribution is -0.175. The highest BCUT2D eigenvalue weighted by Gasteiger charge is 2.39. The molecule has 0 N–H and O–H groups in total. The number of rotatable bonds is 4. The molecule has 0 aromatic heterocycles. The fourth-order valence-corrected chi connectivity index (χ4v) is 2.92. The zero-order valence-electron chi connectivity index (χ0n) is 16.0. The van der Waals surface area contributed by atoms with E-state index in [0.29, 0.717) is 18.0 Å². The van der Waals surface area contributed by atoms with Gasteiger partial charge in [-0.2, -0.15) is 0 Å². The lowest BCUT2D eigenvalue weighted by Gasteiger charge is -2.24. The summed E-state index contributed by atoms with van der Waals surface area (Å²) in [7, 11) is 0. The number of hydrogen-bond donors (Lipinski definition) is 0. The zero-order chi connectivity index (χ0) is 20.5. The number of imide groups is 1. The van der Waals surface area contributed by atoms with Crippen molar-refractivity contribution in [3.63, 3.8) is 0 Å². The molecule has 0 bridgehead atoms. The molecule has 0 aliphatic carbocycles. The Labute approximate surface area is 162 Å². The molecular formula is C19H22N2O7. The van der Waals surface area contributed by atoms with Crippen molar-refractivity contribution in [2.45, 2.75) is 38.9 Å². The van der Waals surface area contributed by atoms with Crippen LogP contribution in [0.15, 0.2) is 24.3 Å². The molecular weight excluding hydrogens is 368 g/mol. The molecule has 9 heteroatoms. The van der Waals surface area contributed by atoms with Gasteiger partial charge in [-0.15, -0.1) is 0 Å². The smallest absolute Gasteiger partial charge is 0.410 e. The number of fused-ring (bicyclic) bond motifs is 1. The van der Waals surface area contributed by atoms with Crippen molar-refractivity contribution < 1.29 is 33.5 Å². The summed E-state index contributed by atoms with van der Waals surface area (Å²) in [5, 5.41) is 0.442. The molecule has 28 heavy (non-hydrogen) atoms. The molecule has 1 saturated heterocycles. The molecule has 0 unspecified atom stereocenters. The van der Waals surface area contributed by atoms with Crippen molar-refractivity contribution in [2.24, 2.45) is 0 Å². The highest BCUT2D eigenvalue weighted by molar-refractivity contribution is 6.20. The van der Waals surface area contributed by atoms with Gasteiger partial charge in [0.05, 0.1) is 23.8 Å². The predicted molar refractivity (Wildman–Crippen MR) is 95.2 cm³/mol. The summed E-state index contributed by atoms with van der Waals surface area (Å²) >= 11 is 0. The molecule has 0 radical (unpaired) electrons. The van der Waals surface area contributed by atoms with E-state index in [2.05, 4.69) is 0 Å². The van der Waals surface area contributed by atoms with E-state index in [-0.39, 0.29) is 23.8 Å². The Bertz CT molecular complexity index is 780. The number of nitrogens with zero attached hydrogens (tertiary/aromatic N) is 2. The molecule has 1 atom stereocenters. The first-order chi connectivity index (χ1) is 13.2. The average Bonchev–Trinajstić information content (AvgIpc) is 3.19. The SMILES string of the molecule is CC(C)(C)OC(=O)N1CC[C@@H](OCC(=O)ON2C(=O)c3ccccc3C2=O)C1. The molecule has 2 aliphatic heterocycles. The summed E-state index contributed by atoms with van der Waals surface area (Å²) in [4.78, 5) is 54.7. The van der Waals surface area contributed by atoms with Gasteiger partial charge in [0, 0.05) is 6.54 Å². The second-order valence-electron chi connectivity index (χ2n) is 7.56. The summed E-state index contributed by atoms with van der Waals surface area (Å²) in [6.07, 6.45) is -0.256. The van der Waals surface area contributed by atoms with Gasteiger partial charge in [-0.3, -0.25) is 9.59 Å². The molecule has 1 aromatic rings. The van der Waals surface area contributed by atoms with Crippen LogP contribution in [-0.2, 0) is 19.1 Å². The third-order valence-corrected chi connectivity index (χ3v) is 4.18. The molecule has 2 aliphatic rings. The van der Waals surface area contributed by atoms with Crippen LogP contribution in [0.5, 0.6) is 0 Å². The van der Waals surface area contributed by atoms with E-state index in [1.807, 2.05) is 0 Å². The first kappa shape index (κ1) is 19.8. The van der Waals surface area contributed by atoms with Gasteiger partial charge < -0.3 is 19.2 Å². The number of ether oxygens (including phenoxy) is 2. The normalized spacial score (nSPS) is 19.0. The maximum Gasteiger partial charge on any atom is 0.410 e. The molecule has 9 nitrogen and oxygen atoms in total. The Morgan fingerprint density at radius 1 is 1.11 bits per heavy atom. The van der Waals surface area contributed by atoms with Gasteiger partial charge in [-0.05, 0) is 39.3 Å². The second-order valence-corrected chi connectivity index (χ2v) is 7.56. The van der Waals surface area contributed by atoms with Crippen molar-refractivity contribution in [1.82, 2.24) is 9.96 Å². The summed E-state index contributed by atoms with van der Waals surface area (Å²) in [5.41, 5.74) is -0.221. The molecule has 3 amide bonds. The van der Waals surface area contributed by atoms with Crippen LogP contribution in [0.25, 0.3) is 0 Å². The number of amides is 3. The lowest BCUT2D eigenvalue weighted by Crippen LogP contribution is -2.37. The molecule has 1 fully saturated rings. The Morgan fingerprint density at radius 3 is 2.29 bits per heavy atom. The van der Waals surface area contributed by atoms with Crippen molar-refractivity contribution >= 4 is 23.9 Å². The maximum atomic E-state index is 12.2. The van der Waals surface area contributed by atoms with Crippen molar-refractivity contribution in [2.75, 3.05) is 19.7 Å². The molecule has 2 heterocycles. The van der Waals surface area contributed by atoms with Crippen LogP contribution in [0.2, 0.25) is 0 Å². The Balaban J connectivity index is 1.46. The van der Waals surface area contributed by atoms with Crippen molar-refractivity contribution in [3.8, 4) is 0 Å². The molecule has 1 aromatic carbocycles. The Morgan fingerprint density at radius 2 is 1.71 bits per heavy atom. The minimum atomic E-state index is -0.870. The van der Waals surface area contributed by atoms with Crippen molar-refractivity contribution in [3.05, 3.63) is 35.4 Å². The number of hydrogen-bond acceptors (Lipinski definition) is 7. The largest absolute Gasteiger partial charge is 0.444 e. The van der Waals surface area contributed by atoms with Crippen LogP contribution in [-0.4, -0.2) is 65.2 Å². The number of benzene rings is 1. The van der Waals surface area contributed by atoms with Crippen LogP contribution in [0.4, 0.5) is 4.79 Å². The van der Waals surface area contributed by atoms with E-state index in [1.165, 1.54) is 17.0 Å². The van der Waals surface area contributed by atoms with Gasteiger partial charge in [0.1, 0.15) is 12.2 Å². The maximum absolute atomic E-state index is 12.2. The van der Waals surface area contributed by atoms with Gasteiger partial charge in [-0.1, -0.05) is 17.2 Å². The lowest BCUT2D eigenvalue weighted by atomic mass is 10.1. The standard InChI is InChI=1S/C19H22N2O7/c1-19(2,3)27-18(25)20-9-8-12(10-20)26-11-15(22)28-21-16(23)13-6-4-5-7-14(13)17(21)24/h4-7,12H,8-11H2,1-3H3/t12-/m1/s1. The first-order valence-electron chi connectivity index (χ1n) is 8.94. The Kier molecular flexibility index (Phi) is 5.37. The minimum Gasteiger partial charge on any atom is -0.444 e. The summed E-state index contributed by atoms with van der Waals surface area (Å²) in [6.45, 7) is 5.64. The van der Waals surface area contributed by atoms with E-state index in [0.717, 1.165) is 0 Å². The van der Waals surface area contributed by atoms with E-state index >= 15 is 0 Å². The quantitative estimate of drug-likeness (QED) is 0.722. The van der Waals surface area contributed by atoms with Gasteiger partial charge in [0.15, 0.2) is 0 Å². The minimum absolute atomic E-state index is 0.185. The van der Waals surface area contributed by atoms with Crippen LogP contribution < -0.4 is 0 Å². The van der Waals surface area contributed by atoms with Gasteiger partial charge in [-0.25, -0.2) is 9.59 Å². The average molecular weight is 390 g/mol. The first-order valence-corrected chi connectivity index (χ1v) is 8.94. The number of carbonyl (C=O) groups excluding carboxylic acids is 4. The van der Waals surface area contributed by atoms with Crippen LogP contribution in [0, 0.1) is 0 Å². The van der Waals surface area contributed by atoms with E-state index < -0.39 is 36.1 Å². The monoisotopic (exact) mass is 390 g/mol. The third-order valence-electron chi connectivity index (χ3n) is 4.18. The highest BCUT2D eigenvalue weighted by atomic mass is 16.7. The summed E-state index contributed by atoms with van der Waals surface area (Å²) < 4.78 is 10.8. The summed E-state index contributed by atoms with van der Waals surface area (Å²) in [6, 6.07) is 6.22. The predicted octanol–water partition coefficient (Wildman–Crippen LogP) is 1.77. The second kappa shape index (κ2) is 7.59. The number of carbonyl (C=O) groups is 4. The number of hydroxylamine groups is 2. The van der Waals surface area contributed by atoms with Gasteiger partial charge in [0.25, 0.3) is 11.8 Å². The zero-order valence-corrected chi connectivity index (χ0v) is 16.0. The fraction of sp³-hybridized carbons (Fsp3) is 0.474. The molecule has 150 valence electrons. The Hall–Kier alpha value is -2.94. The van der Waals surface area contributed by atoms with Crippen LogP contribution in [0.1, 0.15) is 47.9 Å². The van der Waals surface area contributed by atoms with Crippen molar-refractivity contribution in [1.29, 1.82) is 0 Å². The van der Waals surface area contributed by atoms with Gasteiger partial charge in [0.2, 0.25) is 0 Å².